The monoisotopic (exact) mass is 238 g/mol. The van der Waals surface area contributed by atoms with Crippen LogP contribution in [0.1, 0.15) is 25.5 Å². The third-order valence-corrected chi connectivity index (χ3v) is 2.93. The molecule has 2 rings (SSSR count). The van der Waals surface area contributed by atoms with Crippen molar-refractivity contribution in [3.63, 3.8) is 0 Å². The number of anilines is 1. The Morgan fingerprint density at radius 1 is 1.71 bits per heavy atom. The van der Waals surface area contributed by atoms with Crippen molar-refractivity contribution in [2.24, 2.45) is 5.73 Å². The van der Waals surface area contributed by atoms with Gasteiger partial charge in [0, 0.05) is 18.3 Å². The number of amides is 1. The second-order valence-corrected chi connectivity index (χ2v) is 4.18. The van der Waals surface area contributed by atoms with Crippen LogP contribution in [0.15, 0.2) is 6.07 Å². The van der Waals surface area contributed by atoms with E-state index in [1.165, 1.54) is 0 Å². The number of carbonyl (C=O) groups excluding carboxylic acids is 1. The zero-order valence-electron chi connectivity index (χ0n) is 9.90. The van der Waals surface area contributed by atoms with E-state index in [1.807, 2.05) is 13.0 Å². The predicted molar refractivity (Wildman–Crippen MR) is 63.5 cm³/mol. The maximum Gasteiger partial charge on any atom is 0.254 e. The SMILES string of the molecule is CCc1cc(NC(=O)C2CCC(CN)O2)n[nH]1. The summed E-state index contributed by atoms with van der Waals surface area (Å²) in [5, 5.41) is 9.58. The average molecular weight is 238 g/mol. The third-order valence-electron chi connectivity index (χ3n) is 2.93. The number of nitrogens with zero attached hydrogens (tertiary/aromatic N) is 1. The van der Waals surface area contributed by atoms with Gasteiger partial charge in [0.25, 0.3) is 5.91 Å². The summed E-state index contributed by atoms with van der Waals surface area (Å²) in [6.07, 6.45) is 2.04. The number of aromatic nitrogens is 2. The number of rotatable bonds is 4. The summed E-state index contributed by atoms with van der Waals surface area (Å²) in [6.45, 7) is 2.48. The molecule has 6 heteroatoms. The summed E-state index contributed by atoms with van der Waals surface area (Å²) in [5.74, 6) is 0.404. The minimum atomic E-state index is -0.398. The van der Waals surface area contributed by atoms with Gasteiger partial charge in [-0.1, -0.05) is 6.92 Å². The Morgan fingerprint density at radius 3 is 3.12 bits per heavy atom. The second-order valence-electron chi connectivity index (χ2n) is 4.18. The molecule has 4 N–H and O–H groups in total. The number of carbonyl (C=O) groups is 1. The van der Waals surface area contributed by atoms with Crippen LogP contribution in [0.5, 0.6) is 0 Å². The first-order valence-electron chi connectivity index (χ1n) is 5.93. The largest absolute Gasteiger partial charge is 0.364 e. The van der Waals surface area contributed by atoms with Gasteiger partial charge in [0.1, 0.15) is 6.10 Å². The molecule has 1 aromatic rings. The highest BCUT2D eigenvalue weighted by molar-refractivity contribution is 5.93. The molecule has 0 aliphatic carbocycles. The zero-order chi connectivity index (χ0) is 12.3. The molecule has 94 valence electrons. The number of nitrogens with one attached hydrogen (secondary N) is 2. The summed E-state index contributed by atoms with van der Waals surface area (Å²) in [7, 11) is 0. The Balaban J connectivity index is 1.89. The molecule has 1 amide bonds. The Bertz CT molecular complexity index is 391. The van der Waals surface area contributed by atoms with Crippen molar-refractivity contribution in [3.8, 4) is 0 Å². The van der Waals surface area contributed by atoms with Crippen molar-refractivity contribution in [3.05, 3.63) is 11.8 Å². The first kappa shape index (κ1) is 12.1. The van der Waals surface area contributed by atoms with Crippen LogP contribution in [-0.2, 0) is 16.0 Å². The van der Waals surface area contributed by atoms with E-state index in [4.69, 9.17) is 10.5 Å². The first-order valence-corrected chi connectivity index (χ1v) is 5.93. The van der Waals surface area contributed by atoms with Gasteiger partial charge in [-0.15, -0.1) is 0 Å². The second kappa shape index (κ2) is 5.29. The van der Waals surface area contributed by atoms with Crippen molar-refractivity contribution in [1.82, 2.24) is 10.2 Å². The van der Waals surface area contributed by atoms with Gasteiger partial charge in [0.15, 0.2) is 5.82 Å². The lowest BCUT2D eigenvalue weighted by Gasteiger charge is -2.11. The molecule has 1 saturated heterocycles. The molecule has 1 fully saturated rings. The predicted octanol–water partition coefficient (Wildman–Crippen LogP) is 0.417. The molecule has 0 spiro atoms. The van der Waals surface area contributed by atoms with Crippen LogP contribution in [0.2, 0.25) is 0 Å². The van der Waals surface area contributed by atoms with Gasteiger partial charge >= 0.3 is 0 Å². The van der Waals surface area contributed by atoms with Gasteiger partial charge in [-0.2, -0.15) is 5.10 Å². The molecule has 0 bridgehead atoms. The average Bonchev–Trinajstić information content (AvgIpc) is 2.96. The standard InChI is InChI=1S/C11H18N4O2/c1-2-7-5-10(15-14-7)13-11(16)9-4-3-8(6-12)17-9/h5,8-9H,2-4,6,12H2,1H3,(H2,13,14,15,16). The van der Waals surface area contributed by atoms with Crippen LogP contribution in [-0.4, -0.2) is 34.9 Å². The molecule has 2 heterocycles. The van der Waals surface area contributed by atoms with Crippen molar-refractivity contribution < 1.29 is 9.53 Å². The number of ether oxygens (including phenoxy) is 1. The number of hydrogen-bond donors (Lipinski definition) is 3. The molecule has 0 radical (unpaired) electrons. The van der Waals surface area contributed by atoms with E-state index in [0.29, 0.717) is 12.4 Å². The molecule has 1 aliphatic heterocycles. The molecule has 6 nitrogen and oxygen atoms in total. The van der Waals surface area contributed by atoms with Gasteiger partial charge in [0.2, 0.25) is 0 Å². The quantitative estimate of drug-likeness (QED) is 0.708. The van der Waals surface area contributed by atoms with Crippen LogP contribution < -0.4 is 11.1 Å². The van der Waals surface area contributed by atoms with E-state index in [-0.39, 0.29) is 12.0 Å². The summed E-state index contributed by atoms with van der Waals surface area (Å²) >= 11 is 0. The lowest BCUT2D eigenvalue weighted by atomic mass is 10.2. The van der Waals surface area contributed by atoms with E-state index >= 15 is 0 Å². The molecule has 17 heavy (non-hydrogen) atoms. The van der Waals surface area contributed by atoms with Crippen LogP contribution in [0.25, 0.3) is 0 Å². The van der Waals surface area contributed by atoms with Gasteiger partial charge in [-0.05, 0) is 19.3 Å². The maximum atomic E-state index is 11.8. The van der Waals surface area contributed by atoms with Crippen molar-refractivity contribution in [2.75, 3.05) is 11.9 Å². The summed E-state index contributed by atoms with van der Waals surface area (Å²) in [5.41, 5.74) is 6.49. The fourth-order valence-electron chi connectivity index (χ4n) is 1.89. The topological polar surface area (TPSA) is 93.0 Å². The summed E-state index contributed by atoms with van der Waals surface area (Å²) in [6, 6.07) is 1.83. The fourth-order valence-corrected chi connectivity index (χ4v) is 1.89. The smallest absolute Gasteiger partial charge is 0.254 e. The number of hydrogen-bond acceptors (Lipinski definition) is 4. The molecule has 2 atom stereocenters. The molecule has 1 aromatic heterocycles. The summed E-state index contributed by atoms with van der Waals surface area (Å²) < 4.78 is 5.50. The number of aryl methyl sites for hydroxylation is 1. The molecule has 2 unspecified atom stereocenters. The molecule has 0 saturated carbocycles. The maximum absolute atomic E-state index is 11.8. The fraction of sp³-hybridized carbons (Fsp3) is 0.636. The van der Waals surface area contributed by atoms with Crippen molar-refractivity contribution >= 4 is 11.7 Å². The minimum absolute atomic E-state index is 0.0103. The number of H-pyrrole nitrogens is 1. The van der Waals surface area contributed by atoms with Gasteiger partial charge in [-0.25, -0.2) is 0 Å². The zero-order valence-corrected chi connectivity index (χ0v) is 9.90. The third kappa shape index (κ3) is 2.83. The van der Waals surface area contributed by atoms with E-state index in [1.54, 1.807) is 0 Å². The van der Waals surface area contributed by atoms with Crippen LogP contribution in [0.3, 0.4) is 0 Å². The van der Waals surface area contributed by atoms with Crippen LogP contribution in [0.4, 0.5) is 5.82 Å². The van der Waals surface area contributed by atoms with E-state index in [9.17, 15) is 4.79 Å². The Kier molecular flexibility index (Phi) is 3.75. The van der Waals surface area contributed by atoms with Gasteiger partial charge < -0.3 is 15.8 Å². The molecule has 1 aliphatic rings. The lowest BCUT2D eigenvalue weighted by molar-refractivity contribution is -0.126. The Morgan fingerprint density at radius 2 is 2.53 bits per heavy atom. The molecule has 0 aromatic carbocycles. The van der Waals surface area contributed by atoms with Gasteiger partial charge in [-0.3, -0.25) is 9.89 Å². The van der Waals surface area contributed by atoms with Gasteiger partial charge in [0.05, 0.1) is 6.10 Å². The Labute approximate surface area is 99.9 Å². The number of nitrogens with two attached hydrogens (primary N) is 1. The van der Waals surface area contributed by atoms with E-state index in [2.05, 4.69) is 15.5 Å². The highest BCUT2D eigenvalue weighted by Crippen LogP contribution is 2.20. The highest BCUT2D eigenvalue weighted by Gasteiger charge is 2.30. The molecular formula is C11H18N4O2. The first-order chi connectivity index (χ1) is 8.22. The van der Waals surface area contributed by atoms with Crippen molar-refractivity contribution in [2.45, 2.75) is 38.4 Å². The van der Waals surface area contributed by atoms with Crippen LogP contribution in [0, 0.1) is 0 Å². The van der Waals surface area contributed by atoms with Crippen LogP contribution >= 0.6 is 0 Å². The normalized spacial score (nSPS) is 23.9. The van der Waals surface area contributed by atoms with Crippen molar-refractivity contribution in [1.29, 1.82) is 0 Å². The lowest BCUT2D eigenvalue weighted by Crippen LogP contribution is -2.29. The number of aromatic amines is 1. The minimum Gasteiger partial charge on any atom is -0.364 e. The van der Waals surface area contributed by atoms with E-state index in [0.717, 1.165) is 25.0 Å². The highest BCUT2D eigenvalue weighted by atomic mass is 16.5. The molecular weight excluding hydrogens is 220 g/mol. The summed E-state index contributed by atoms with van der Waals surface area (Å²) in [4.78, 5) is 11.8. The van der Waals surface area contributed by atoms with E-state index < -0.39 is 6.10 Å². The Hall–Kier alpha value is -1.40.